The van der Waals surface area contributed by atoms with Gasteiger partial charge in [-0.15, -0.1) is 0 Å². The summed E-state index contributed by atoms with van der Waals surface area (Å²) in [5.41, 5.74) is 0.526. The maximum Gasteiger partial charge on any atom is 0.508 e. The normalized spacial score (nSPS) is 17.8. The lowest BCUT2D eigenvalue weighted by Crippen LogP contribution is -2.43. The van der Waals surface area contributed by atoms with E-state index in [4.69, 9.17) is 9.47 Å². The predicted molar refractivity (Wildman–Crippen MR) is 64.2 cm³/mol. The Labute approximate surface area is 98.0 Å². The molecule has 1 rings (SSSR count). The van der Waals surface area contributed by atoms with Crippen LogP contribution in [0.1, 0.15) is 34.6 Å². The molecule has 1 heterocycles. The maximum atomic E-state index is 10.7. The van der Waals surface area contributed by atoms with Crippen LogP contribution in [-0.4, -0.2) is 25.4 Å². The quantitative estimate of drug-likeness (QED) is 0.756. The van der Waals surface area contributed by atoms with E-state index in [0.717, 1.165) is 5.70 Å². The molecule has 0 aliphatic carbocycles. The van der Waals surface area contributed by atoms with Gasteiger partial charge in [0.25, 0.3) is 0 Å². The maximum absolute atomic E-state index is 10.7. The molecule has 16 heavy (non-hydrogen) atoms. The summed E-state index contributed by atoms with van der Waals surface area (Å²) in [4.78, 5) is 10.7. The second-order valence-corrected chi connectivity index (χ2v) is 4.17. The van der Waals surface area contributed by atoms with Gasteiger partial charge in [-0.05, 0) is 20.8 Å². The zero-order valence-corrected chi connectivity index (χ0v) is 10.9. The summed E-state index contributed by atoms with van der Waals surface area (Å²) in [6.45, 7) is 14.6. The van der Waals surface area contributed by atoms with Crippen molar-refractivity contribution in [3.05, 3.63) is 12.3 Å². The smallest absolute Gasteiger partial charge is 0.433 e. The molecule has 1 N–H and O–H groups in total. The van der Waals surface area contributed by atoms with Gasteiger partial charge in [-0.3, -0.25) is 0 Å². The Balaban J connectivity index is 0.00000106. The van der Waals surface area contributed by atoms with Gasteiger partial charge in [0.2, 0.25) is 0 Å². The first-order valence-electron chi connectivity index (χ1n) is 5.69. The second-order valence-electron chi connectivity index (χ2n) is 4.17. The minimum absolute atomic E-state index is 0.317. The molecule has 0 atom stereocenters. The van der Waals surface area contributed by atoms with Crippen LogP contribution in [0, 0.1) is 5.41 Å². The van der Waals surface area contributed by atoms with E-state index in [-0.39, 0.29) is 5.41 Å². The van der Waals surface area contributed by atoms with Gasteiger partial charge in [0.1, 0.15) is 13.2 Å². The van der Waals surface area contributed by atoms with Gasteiger partial charge in [-0.2, -0.15) is 0 Å². The highest BCUT2D eigenvalue weighted by molar-refractivity contribution is 5.60. The minimum Gasteiger partial charge on any atom is -0.433 e. The summed E-state index contributed by atoms with van der Waals surface area (Å²) in [5.74, 6) is 0. The van der Waals surface area contributed by atoms with E-state index in [0.29, 0.717) is 19.3 Å². The summed E-state index contributed by atoms with van der Waals surface area (Å²) in [5, 5.41) is 3.20. The molecule has 94 valence electrons. The SMILES string of the molecule is C=C(NC(C)C)C1(C)COC(=O)OC1.CC. The third-order valence-corrected chi connectivity index (χ3v) is 2.21. The molecule has 1 aliphatic heterocycles. The predicted octanol–water partition coefficient (Wildman–Crippen LogP) is 2.70. The highest BCUT2D eigenvalue weighted by Crippen LogP contribution is 2.28. The molecule has 0 bridgehead atoms. The topological polar surface area (TPSA) is 47.6 Å². The van der Waals surface area contributed by atoms with E-state index in [9.17, 15) is 4.79 Å². The number of nitrogens with one attached hydrogen (secondary N) is 1. The molecule has 1 fully saturated rings. The van der Waals surface area contributed by atoms with Crippen molar-refractivity contribution in [1.29, 1.82) is 0 Å². The number of ether oxygens (including phenoxy) is 2. The number of hydrogen-bond acceptors (Lipinski definition) is 4. The van der Waals surface area contributed by atoms with Gasteiger partial charge in [0.05, 0.1) is 5.41 Å². The molecule has 0 aromatic carbocycles. The van der Waals surface area contributed by atoms with Crippen LogP contribution >= 0.6 is 0 Å². The lowest BCUT2D eigenvalue weighted by atomic mass is 9.88. The Morgan fingerprint density at radius 1 is 1.38 bits per heavy atom. The third kappa shape index (κ3) is 4.13. The Hall–Kier alpha value is -1.19. The first-order valence-corrected chi connectivity index (χ1v) is 5.69. The summed E-state index contributed by atoms with van der Waals surface area (Å²) < 4.78 is 9.67. The molecule has 0 amide bonds. The van der Waals surface area contributed by atoms with Crippen LogP contribution in [0.25, 0.3) is 0 Å². The fourth-order valence-corrected chi connectivity index (χ4v) is 1.22. The largest absolute Gasteiger partial charge is 0.508 e. The molecule has 1 aliphatic rings. The van der Waals surface area contributed by atoms with Crippen LogP contribution < -0.4 is 5.32 Å². The number of rotatable bonds is 3. The first-order chi connectivity index (χ1) is 7.44. The molecule has 4 nitrogen and oxygen atoms in total. The van der Waals surface area contributed by atoms with Gasteiger partial charge in [-0.1, -0.05) is 20.4 Å². The van der Waals surface area contributed by atoms with Crippen molar-refractivity contribution in [3.63, 3.8) is 0 Å². The number of carbonyl (C=O) groups excluding carboxylic acids is 1. The van der Waals surface area contributed by atoms with E-state index in [2.05, 4.69) is 11.9 Å². The van der Waals surface area contributed by atoms with Crippen molar-refractivity contribution in [2.75, 3.05) is 13.2 Å². The van der Waals surface area contributed by atoms with Crippen LogP contribution in [0.5, 0.6) is 0 Å². The van der Waals surface area contributed by atoms with Gasteiger partial charge >= 0.3 is 6.16 Å². The molecular formula is C12H23NO3. The van der Waals surface area contributed by atoms with Gasteiger partial charge < -0.3 is 14.8 Å². The molecule has 4 heteroatoms. The van der Waals surface area contributed by atoms with Crippen LogP contribution in [0.3, 0.4) is 0 Å². The van der Waals surface area contributed by atoms with Crippen molar-refractivity contribution in [2.24, 2.45) is 5.41 Å². The molecule has 0 saturated carbocycles. The van der Waals surface area contributed by atoms with E-state index in [1.807, 2.05) is 34.6 Å². The van der Waals surface area contributed by atoms with E-state index >= 15 is 0 Å². The van der Waals surface area contributed by atoms with E-state index in [1.165, 1.54) is 0 Å². The Bertz CT molecular complexity index is 239. The number of hydrogen-bond donors (Lipinski definition) is 1. The summed E-state index contributed by atoms with van der Waals surface area (Å²) in [6, 6.07) is 0.317. The standard InChI is InChI=1S/C10H17NO3.C2H6/c1-7(2)11-8(3)10(4)5-13-9(12)14-6-10;1-2/h7,11H,3,5-6H2,1-2,4H3;1-2H3. The highest BCUT2D eigenvalue weighted by atomic mass is 16.7. The Kier molecular flexibility index (Phi) is 5.93. The van der Waals surface area contributed by atoms with Gasteiger partial charge in [0.15, 0.2) is 0 Å². The monoisotopic (exact) mass is 229 g/mol. The average molecular weight is 229 g/mol. The van der Waals surface area contributed by atoms with Crippen LogP contribution in [-0.2, 0) is 9.47 Å². The zero-order chi connectivity index (χ0) is 12.8. The summed E-state index contributed by atoms with van der Waals surface area (Å²) in [7, 11) is 0. The molecule has 0 radical (unpaired) electrons. The molecular weight excluding hydrogens is 206 g/mol. The van der Waals surface area contributed by atoms with E-state index in [1.54, 1.807) is 0 Å². The van der Waals surface area contributed by atoms with Crippen LogP contribution in [0.4, 0.5) is 4.79 Å². The first kappa shape index (κ1) is 14.8. The molecule has 0 spiro atoms. The molecule has 1 saturated heterocycles. The Morgan fingerprint density at radius 3 is 2.19 bits per heavy atom. The highest BCUT2D eigenvalue weighted by Gasteiger charge is 2.36. The lowest BCUT2D eigenvalue weighted by Gasteiger charge is -2.35. The summed E-state index contributed by atoms with van der Waals surface area (Å²) in [6.07, 6.45) is -0.597. The summed E-state index contributed by atoms with van der Waals surface area (Å²) >= 11 is 0. The minimum atomic E-state index is -0.597. The van der Waals surface area contributed by atoms with Gasteiger partial charge in [-0.25, -0.2) is 4.79 Å². The number of carbonyl (C=O) groups is 1. The third-order valence-electron chi connectivity index (χ3n) is 2.21. The molecule has 0 aromatic heterocycles. The van der Waals surface area contributed by atoms with E-state index < -0.39 is 6.16 Å². The van der Waals surface area contributed by atoms with Crippen molar-refractivity contribution in [2.45, 2.75) is 40.7 Å². The Morgan fingerprint density at radius 2 is 1.81 bits per heavy atom. The molecule has 0 aromatic rings. The molecule has 0 unspecified atom stereocenters. The van der Waals surface area contributed by atoms with Crippen molar-refractivity contribution in [3.8, 4) is 0 Å². The van der Waals surface area contributed by atoms with Gasteiger partial charge in [0, 0.05) is 11.7 Å². The van der Waals surface area contributed by atoms with Crippen LogP contribution in [0.2, 0.25) is 0 Å². The van der Waals surface area contributed by atoms with Crippen molar-refractivity contribution >= 4 is 6.16 Å². The second kappa shape index (κ2) is 6.40. The van der Waals surface area contributed by atoms with Crippen molar-refractivity contribution in [1.82, 2.24) is 5.32 Å². The van der Waals surface area contributed by atoms with Crippen LogP contribution in [0.15, 0.2) is 12.3 Å². The fourth-order valence-electron chi connectivity index (χ4n) is 1.22. The average Bonchev–Trinajstić information content (AvgIpc) is 2.24. The van der Waals surface area contributed by atoms with Crippen molar-refractivity contribution < 1.29 is 14.3 Å². The zero-order valence-electron chi connectivity index (χ0n) is 10.9. The lowest BCUT2D eigenvalue weighted by molar-refractivity contribution is -0.0397. The number of cyclic esters (lactones) is 2. The fraction of sp³-hybridized carbons (Fsp3) is 0.750.